The number of nitrogens with one attached hydrogen (secondary N) is 1. The average molecular weight is 217 g/mol. The Kier molecular flexibility index (Phi) is 4.28. The number of aliphatic hydroxyl groups excluding tert-OH is 2. The first-order valence-electron chi connectivity index (χ1n) is 4.26. The lowest BCUT2D eigenvalue weighted by Crippen LogP contribution is -2.29. The largest absolute Gasteiger partial charge is 0.389 e. The maximum Gasteiger partial charge on any atom is 0.108 e. The molecule has 1 aromatic rings. The SMILES string of the molecule is CNCC(O)C(O)c1cncc(Cl)c1. The second-order valence-electron chi connectivity index (χ2n) is 3.01. The summed E-state index contributed by atoms with van der Waals surface area (Å²) in [5.74, 6) is 0. The fourth-order valence-corrected chi connectivity index (χ4v) is 1.32. The van der Waals surface area contributed by atoms with Crippen molar-refractivity contribution < 1.29 is 10.2 Å². The minimum absolute atomic E-state index is 0.313. The highest BCUT2D eigenvalue weighted by molar-refractivity contribution is 6.30. The van der Waals surface area contributed by atoms with Gasteiger partial charge in [0.05, 0.1) is 11.1 Å². The van der Waals surface area contributed by atoms with E-state index in [1.807, 2.05) is 0 Å². The Bertz CT molecular complexity index is 296. The van der Waals surface area contributed by atoms with Crippen molar-refractivity contribution in [2.75, 3.05) is 13.6 Å². The zero-order valence-electron chi connectivity index (χ0n) is 7.81. The molecule has 4 nitrogen and oxygen atoms in total. The van der Waals surface area contributed by atoms with E-state index >= 15 is 0 Å². The van der Waals surface area contributed by atoms with E-state index in [-0.39, 0.29) is 0 Å². The van der Waals surface area contributed by atoms with Crippen LogP contribution in [0, 0.1) is 0 Å². The molecule has 0 fully saturated rings. The van der Waals surface area contributed by atoms with Gasteiger partial charge in [-0.1, -0.05) is 11.6 Å². The number of nitrogens with zero attached hydrogens (tertiary/aromatic N) is 1. The van der Waals surface area contributed by atoms with E-state index in [1.165, 1.54) is 12.4 Å². The molecule has 1 rings (SSSR count). The summed E-state index contributed by atoms with van der Waals surface area (Å²) in [5, 5.41) is 22.3. The number of aromatic nitrogens is 1. The van der Waals surface area contributed by atoms with E-state index in [4.69, 9.17) is 11.6 Å². The number of pyridine rings is 1. The molecule has 0 amide bonds. The number of likely N-dealkylation sites (N-methyl/N-ethyl adjacent to an activating group) is 1. The van der Waals surface area contributed by atoms with Crippen molar-refractivity contribution in [1.29, 1.82) is 0 Å². The molecule has 0 aliphatic carbocycles. The zero-order valence-corrected chi connectivity index (χ0v) is 8.57. The van der Waals surface area contributed by atoms with Gasteiger partial charge in [-0.2, -0.15) is 0 Å². The first-order valence-corrected chi connectivity index (χ1v) is 4.64. The van der Waals surface area contributed by atoms with Crippen molar-refractivity contribution in [2.45, 2.75) is 12.2 Å². The molecule has 0 aromatic carbocycles. The summed E-state index contributed by atoms with van der Waals surface area (Å²) >= 11 is 5.70. The van der Waals surface area contributed by atoms with Crippen LogP contribution < -0.4 is 5.32 Å². The minimum Gasteiger partial charge on any atom is -0.389 e. The number of aliphatic hydroxyl groups is 2. The molecule has 0 aliphatic rings. The highest BCUT2D eigenvalue weighted by Crippen LogP contribution is 2.18. The number of halogens is 1. The lowest BCUT2D eigenvalue weighted by molar-refractivity contribution is 0.0200. The van der Waals surface area contributed by atoms with Crippen molar-refractivity contribution in [1.82, 2.24) is 10.3 Å². The molecule has 0 aliphatic heterocycles. The molecular formula is C9H13ClN2O2. The molecule has 0 bridgehead atoms. The van der Waals surface area contributed by atoms with Gasteiger partial charge in [-0.3, -0.25) is 4.98 Å². The molecule has 3 N–H and O–H groups in total. The van der Waals surface area contributed by atoms with Crippen LogP contribution in [0.1, 0.15) is 11.7 Å². The topological polar surface area (TPSA) is 65.4 Å². The van der Waals surface area contributed by atoms with Gasteiger partial charge in [-0.15, -0.1) is 0 Å². The van der Waals surface area contributed by atoms with Gasteiger partial charge in [0, 0.05) is 24.5 Å². The van der Waals surface area contributed by atoms with Crippen LogP contribution >= 0.6 is 11.6 Å². The van der Waals surface area contributed by atoms with E-state index in [1.54, 1.807) is 13.1 Å². The summed E-state index contributed by atoms with van der Waals surface area (Å²) in [6.45, 7) is 0.313. The fourth-order valence-electron chi connectivity index (χ4n) is 1.13. The van der Waals surface area contributed by atoms with Crippen molar-refractivity contribution in [3.8, 4) is 0 Å². The van der Waals surface area contributed by atoms with Crippen LogP contribution in [0.5, 0.6) is 0 Å². The first-order chi connectivity index (χ1) is 6.65. The van der Waals surface area contributed by atoms with Crippen LogP contribution in [0.15, 0.2) is 18.5 Å². The van der Waals surface area contributed by atoms with Crippen molar-refractivity contribution in [2.24, 2.45) is 0 Å². The highest BCUT2D eigenvalue weighted by atomic mass is 35.5. The molecule has 0 saturated carbocycles. The number of rotatable bonds is 4. The first kappa shape index (κ1) is 11.4. The summed E-state index contributed by atoms with van der Waals surface area (Å²) in [4.78, 5) is 3.82. The van der Waals surface area contributed by atoms with Crippen LogP contribution in [0.3, 0.4) is 0 Å². The predicted octanol–water partition coefficient (Wildman–Crippen LogP) is 0.349. The normalized spacial score (nSPS) is 15.1. The molecular weight excluding hydrogens is 204 g/mol. The summed E-state index contributed by atoms with van der Waals surface area (Å²) in [7, 11) is 1.70. The third-order valence-corrected chi connectivity index (χ3v) is 2.05. The zero-order chi connectivity index (χ0) is 10.6. The number of hydrogen-bond donors (Lipinski definition) is 3. The molecule has 14 heavy (non-hydrogen) atoms. The Morgan fingerprint density at radius 1 is 1.50 bits per heavy atom. The molecule has 0 radical (unpaired) electrons. The Morgan fingerprint density at radius 3 is 2.79 bits per heavy atom. The maximum absolute atomic E-state index is 9.66. The molecule has 0 spiro atoms. The van der Waals surface area contributed by atoms with Crippen LogP contribution in [0.25, 0.3) is 0 Å². The van der Waals surface area contributed by atoms with Gasteiger partial charge < -0.3 is 15.5 Å². The van der Waals surface area contributed by atoms with Crippen LogP contribution in [0.2, 0.25) is 5.02 Å². The molecule has 5 heteroatoms. The van der Waals surface area contributed by atoms with Crippen LogP contribution in [-0.4, -0.2) is 34.9 Å². The maximum atomic E-state index is 9.66. The van der Waals surface area contributed by atoms with Gasteiger partial charge in [0.15, 0.2) is 0 Å². The van der Waals surface area contributed by atoms with E-state index in [0.29, 0.717) is 17.1 Å². The summed E-state index contributed by atoms with van der Waals surface area (Å²) in [6.07, 6.45) is 1.13. The Morgan fingerprint density at radius 2 is 2.21 bits per heavy atom. The van der Waals surface area contributed by atoms with Crippen molar-refractivity contribution in [3.05, 3.63) is 29.0 Å². The van der Waals surface area contributed by atoms with E-state index < -0.39 is 12.2 Å². The Labute approximate surface area is 87.6 Å². The lowest BCUT2D eigenvalue weighted by Gasteiger charge is -2.17. The molecule has 78 valence electrons. The van der Waals surface area contributed by atoms with Crippen molar-refractivity contribution >= 4 is 11.6 Å². The van der Waals surface area contributed by atoms with E-state index in [0.717, 1.165) is 0 Å². The lowest BCUT2D eigenvalue weighted by atomic mass is 10.1. The average Bonchev–Trinajstić information content (AvgIpc) is 2.17. The van der Waals surface area contributed by atoms with Gasteiger partial charge in [-0.05, 0) is 13.1 Å². The Hall–Kier alpha value is -0.680. The third-order valence-electron chi connectivity index (χ3n) is 1.85. The van der Waals surface area contributed by atoms with E-state index in [9.17, 15) is 10.2 Å². The summed E-state index contributed by atoms with van der Waals surface area (Å²) in [6, 6.07) is 1.58. The Balaban J connectivity index is 2.73. The van der Waals surface area contributed by atoms with Crippen molar-refractivity contribution in [3.63, 3.8) is 0 Å². The molecule has 2 atom stereocenters. The predicted molar refractivity (Wildman–Crippen MR) is 54.1 cm³/mol. The van der Waals surface area contributed by atoms with Gasteiger partial charge in [0.2, 0.25) is 0 Å². The molecule has 2 unspecified atom stereocenters. The second-order valence-corrected chi connectivity index (χ2v) is 3.44. The minimum atomic E-state index is -0.964. The van der Waals surface area contributed by atoms with Gasteiger partial charge in [0.25, 0.3) is 0 Å². The second kappa shape index (κ2) is 5.26. The monoisotopic (exact) mass is 216 g/mol. The number of hydrogen-bond acceptors (Lipinski definition) is 4. The quantitative estimate of drug-likeness (QED) is 0.680. The highest BCUT2D eigenvalue weighted by Gasteiger charge is 2.17. The molecule has 1 aromatic heterocycles. The molecule has 1 heterocycles. The smallest absolute Gasteiger partial charge is 0.108 e. The van der Waals surface area contributed by atoms with Gasteiger partial charge >= 0.3 is 0 Å². The standard InChI is InChI=1S/C9H13ClN2O2/c1-11-5-8(13)9(14)6-2-7(10)4-12-3-6/h2-4,8-9,11,13-14H,5H2,1H3. The summed E-state index contributed by atoms with van der Waals surface area (Å²) < 4.78 is 0. The van der Waals surface area contributed by atoms with Crippen LogP contribution in [-0.2, 0) is 0 Å². The molecule has 0 saturated heterocycles. The van der Waals surface area contributed by atoms with Gasteiger partial charge in [-0.25, -0.2) is 0 Å². The van der Waals surface area contributed by atoms with E-state index in [2.05, 4.69) is 10.3 Å². The van der Waals surface area contributed by atoms with Gasteiger partial charge in [0.1, 0.15) is 6.10 Å². The summed E-state index contributed by atoms with van der Waals surface area (Å²) in [5.41, 5.74) is 0.514. The van der Waals surface area contributed by atoms with Crippen LogP contribution in [0.4, 0.5) is 0 Å². The fraction of sp³-hybridized carbons (Fsp3) is 0.444. The third kappa shape index (κ3) is 2.92.